The summed E-state index contributed by atoms with van der Waals surface area (Å²) < 4.78 is 7.05. The van der Waals surface area contributed by atoms with Crippen LogP contribution in [0.3, 0.4) is 0 Å². The predicted octanol–water partition coefficient (Wildman–Crippen LogP) is 5.46. The van der Waals surface area contributed by atoms with E-state index in [9.17, 15) is 9.59 Å². The Hall–Kier alpha value is -4.41. The number of hydrogen-bond donors (Lipinski definition) is 2. The molecule has 0 bridgehead atoms. The number of hydrogen-bond acceptors (Lipinski definition) is 7. The predicted molar refractivity (Wildman–Crippen MR) is 160 cm³/mol. The number of thioether (sulfide) groups is 1. The van der Waals surface area contributed by atoms with Crippen molar-refractivity contribution in [2.45, 2.75) is 18.6 Å². The number of nitrogens with one attached hydrogen (secondary N) is 2. The molecule has 0 radical (unpaired) electrons. The lowest BCUT2D eigenvalue weighted by Crippen LogP contribution is -2.28. The normalized spacial score (nSPS) is 15.9. The number of carbonyl (C=O) groups is 2. The van der Waals surface area contributed by atoms with Crippen LogP contribution < -0.4 is 15.4 Å². The third-order valence-corrected chi connectivity index (χ3v) is 7.55. The van der Waals surface area contributed by atoms with E-state index in [0.29, 0.717) is 21.6 Å². The Labute approximate surface area is 240 Å². The van der Waals surface area contributed by atoms with E-state index in [2.05, 4.69) is 20.8 Å². The molecule has 202 valence electrons. The van der Waals surface area contributed by atoms with Crippen LogP contribution in [-0.4, -0.2) is 45.3 Å². The summed E-state index contributed by atoms with van der Waals surface area (Å²) in [6, 6.07) is 22.6. The van der Waals surface area contributed by atoms with Crippen LogP contribution >= 0.6 is 23.4 Å². The van der Waals surface area contributed by atoms with E-state index in [1.165, 1.54) is 0 Å². The molecule has 0 aliphatic carbocycles. The van der Waals surface area contributed by atoms with Gasteiger partial charge in [0, 0.05) is 34.5 Å². The molecule has 1 aliphatic rings. The summed E-state index contributed by atoms with van der Waals surface area (Å²) in [6.45, 7) is 1.88. The van der Waals surface area contributed by atoms with Gasteiger partial charge in [0.05, 0.1) is 19.0 Å². The maximum absolute atomic E-state index is 12.5. The number of anilines is 1. The quantitative estimate of drug-likeness (QED) is 0.215. The van der Waals surface area contributed by atoms with Gasteiger partial charge in [-0.1, -0.05) is 47.6 Å². The molecule has 1 saturated heterocycles. The van der Waals surface area contributed by atoms with E-state index in [-0.39, 0.29) is 18.2 Å². The zero-order valence-electron chi connectivity index (χ0n) is 21.7. The van der Waals surface area contributed by atoms with E-state index in [1.807, 2.05) is 73.8 Å². The molecule has 4 aromatic rings. The molecule has 2 amide bonds. The number of ether oxygens (including phenoxy) is 1. The summed E-state index contributed by atoms with van der Waals surface area (Å²) in [5, 5.41) is 18.9. The Bertz CT molecular complexity index is 1600. The molecule has 11 heteroatoms. The molecule has 1 atom stereocenters. The summed E-state index contributed by atoms with van der Waals surface area (Å²) in [5.41, 5.74) is 4.72. The number of nitrogens with zero attached hydrogens (tertiary/aromatic N) is 4. The van der Waals surface area contributed by atoms with Gasteiger partial charge in [-0.05, 0) is 61.0 Å². The van der Waals surface area contributed by atoms with Crippen molar-refractivity contribution in [1.82, 2.24) is 15.1 Å². The van der Waals surface area contributed by atoms with Crippen molar-refractivity contribution in [3.8, 4) is 22.7 Å². The van der Waals surface area contributed by atoms with E-state index >= 15 is 0 Å². The molecular formula is C29H25ClN6O3S. The number of halogens is 1. The molecule has 2 heterocycles. The fourth-order valence-electron chi connectivity index (χ4n) is 3.95. The molecule has 0 unspecified atom stereocenters. The van der Waals surface area contributed by atoms with Crippen LogP contribution in [0.1, 0.15) is 17.5 Å². The molecule has 1 aromatic heterocycles. The SMILES string of the molecule is COc1ccc(-c2nn(-c3ccccc3)cc2/C=N\N=C2\NC(=O)[C@H](CC(=O)Nc3ccc(C)c(Cl)c3)S2)cc1. The van der Waals surface area contributed by atoms with Gasteiger partial charge < -0.3 is 15.4 Å². The van der Waals surface area contributed by atoms with Gasteiger partial charge >= 0.3 is 0 Å². The van der Waals surface area contributed by atoms with Crippen LogP contribution in [0.4, 0.5) is 5.69 Å². The molecule has 2 N–H and O–H groups in total. The highest BCUT2D eigenvalue weighted by atomic mass is 35.5. The van der Waals surface area contributed by atoms with Crippen molar-refractivity contribution >= 4 is 52.2 Å². The fourth-order valence-corrected chi connectivity index (χ4v) is 5.05. The van der Waals surface area contributed by atoms with Gasteiger partial charge in [-0.3, -0.25) is 9.59 Å². The molecule has 0 saturated carbocycles. The number of aromatic nitrogens is 2. The lowest BCUT2D eigenvalue weighted by Gasteiger charge is -2.08. The second-order valence-electron chi connectivity index (χ2n) is 8.90. The summed E-state index contributed by atoms with van der Waals surface area (Å²) in [7, 11) is 1.62. The smallest absolute Gasteiger partial charge is 0.240 e. The minimum Gasteiger partial charge on any atom is -0.497 e. The molecule has 1 fully saturated rings. The fraction of sp³-hybridized carbons (Fsp3) is 0.138. The maximum atomic E-state index is 12.5. The van der Waals surface area contributed by atoms with E-state index in [4.69, 9.17) is 21.4 Å². The summed E-state index contributed by atoms with van der Waals surface area (Å²) in [5.74, 6) is 0.148. The van der Waals surface area contributed by atoms with Crippen molar-refractivity contribution < 1.29 is 14.3 Å². The minimum absolute atomic E-state index is 0.0177. The first-order valence-electron chi connectivity index (χ1n) is 12.3. The Balaban J connectivity index is 1.30. The first-order chi connectivity index (χ1) is 19.4. The summed E-state index contributed by atoms with van der Waals surface area (Å²) in [4.78, 5) is 25.0. The van der Waals surface area contributed by atoms with E-state index in [0.717, 1.165) is 39.9 Å². The topological polar surface area (TPSA) is 110 Å². The summed E-state index contributed by atoms with van der Waals surface area (Å²) in [6.07, 6.45) is 3.44. The second-order valence-corrected chi connectivity index (χ2v) is 10.5. The molecule has 0 spiro atoms. The van der Waals surface area contributed by atoms with Gasteiger partial charge in [-0.15, -0.1) is 5.10 Å². The van der Waals surface area contributed by atoms with Crippen LogP contribution in [0.15, 0.2) is 89.2 Å². The maximum Gasteiger partial charge on any atom is 0.240 e. The zero-order valence-corrected chi connectivity index (χ0v) is 23.2. The van der Waals surface area contributed by atoms with Gasteiger partial charge in [-0.25, -0.2) is 4.68 Å². The van der Waals surface area contributed by atoms with Crippen LogP contribution in [0.25, 0.3) is 16.9 Å². The van der Waals surface area contributed by atoms with Crippen molar-refractivity contribution in [3.05, 3.63) is 95.1 Å². The molecule has 3 aromatic carbocycles. The average Bonchev–Trinajstić information content (AvgIpc) is 3.54. The van der Waals surface area contributed by atoms with E-state index in [1.54, 1.807) is 30.1 Å². The Morgan fingerprint density at radius 1 is 1.18 bits per heavy atom. The first-order valence-corrected chi connectivity index (χ1v) is 13.6. The summed E-state index contributed by atoms with van der Waals surface area (Å²) >= 11 is 7.29. The van der Waals surface area contributed by atoms with Gasteiger partial charge in [0.25, 0.3) is 0 Å². The largest absolute Gasteiger partial charge is 0.497 e. The van der Waals surface area contributed by atoms with Crippen molar-refractivity contribution in [2.24, 2.45) is 10.2 Å². The Morgan fingerprint density at radius 3 is 2.67 bits per heavy atom. The Morgan fingerprint density at radius 2 is 1.95 bits per heavy atom. The lowest BCUT2D eigenvalue weighted by molar-refractivity contribution is -0.122. The van der Waals surface area contributed by atoms with Gasteiger partial charge in [0.2, 0.25) is 11.8 Å². The third-order valence-electron chi connectivity index (χ3n) is 6.07. The van der Waals surface area contributed by atoms with Gasteiger partial charge in [0.15, 0.2) is 5.17 Å². The zero-order chi connectivity index (χ0) is 28.1. The number of para-hydroxylation sites is 1. The highest BCUT2D eigenvalue weighted by molar-refractivity contribution is 8.15. The number of benzene rings is 3. The number of amidine groups is 1. The van der Waals surface area contributed by atoms with Crippen LogP contribution in [0.2, 0.25) is 5.02 Å². The van der Waals surface area contributed by atoms with Crippen LogP contribution in [0.5, 0.6) is 5.75 Å². The number of methoxy groups -OCH3 is 1. The Kier molecular flexibility index (Phi) is 8.28. The molecular weight excluding hydrogens is 548 g/mol. The first kappa shape index (κ1) is 27.2. The van der Waals surface area contributed by atoms with Gasteiger partial charge in [-0.2, -0.15) is 10.2 Å². The number of rotatable bonds is 8. The standard InChI is InChI=1S/C29H25ClN6O3S/c1-18-8-11-21(14-24(18)30)32-26(37)15-25-28(38)33-29(40-25)34-31-16-20-17-36(22-6-4-3-5-7-22)35-27(20)19-9-12-23(39-2)13-10-19/h3-14,16-17,25H,15H2,1-2H3,(H,32,37)(H,33,34,38)/b31-16-/t25-/m0/s1. The second kappa shape index (κ2) is 12.2. The molecule has 9 nitrogen and oxygen atoms in total. The van der Waals surface area contributed by atoms with Crippen LogP contribution in [-0.2, 0) is 9.59 Å². The van der Waals surface area contributed by atoms with Gasteiger partial charge in [0.1, 0.15) is 16.7 Å². The van der Waals surface area contributed by atoms with E-state index < -0.39 is 5.25 Å². The average molecular weight is 573 g/mol. The third kappa shape index (κ3) is 6.41. The van der Waals surface area contributed by atoms with Crippen LogP contribution in [0, 0.1) is 6.92 Å². The van der Waals surface area contributed by atoms with Crippen molar-refractivity contribution in [3.63, 3.8) is 0 Å². The number of amides is 2. The monoisotopic (exact) mass is 572 g/mol. The highest BCUT2D eigenvalue weighted by Crippen LogP contribution is 2.26. The van der Waals surface area contributed by atoms with Crippen molar-refractivity contribution in [1.29, 1.82) is 0 Å². The highest BCUT2D eigenvalue weighted by Gasteiger charge is 2.32. The minimum atomic E-state index is -0.620. The molecule has 5 rings (SSSR count). The molecule has 1 aliphatic heterocycles. The number of carbonyl (C=O) groups excluding carboxylic acids is 2. The van der Waals surface area contributed by atoms with Crippen molar-refractivity contribution in [2.75, 3.05) is 12.4 Å². The molecule has 40 heavy (non-hydrogen) atoms. The number of aryl methyl sites for hydroxylation is 1. The lowest BCUT2D eigenvalue weighted by atomic mass is 10.1.